The second-order valence-electron chi connectivity index (χ2n) is 1.12. The monoisotopic (exact) mass is 143 g/mol. The topological polar surface area (TPSA) is 38.7 Å². The molecule has 43 valence electrons. The molecular weight excluding hydrogens is 138 g/mol. The molecule has 1 saturated heterocycles. The third kappa shape index (κ3) is 1.52. The van der Waals surface area contributed by atoms with Crippen molar-refractivity contribution >= 4 is 18.5 Å². The molecule has 0 aliphatic carbocycles. The van der Waals surface area contributed by atoms with Crippen LogP contribution in [0.15, 0.2) is 0 Å². The normalized spacial score (nSPS) is 28.3. The summed E-state index contributed by atoms with van der Waals surface area (Å²) in [5.74, 6) is 0. The first kappa shape index (κ1) is 5.73. The molecule has 1 rings (SSSR count). The molecule has 1 N–H and O–H groups in total. The maximum atomic E-state index is 8.63. The molecule has 0 atom stereocenters. The van der Waals surface area contributed by atoms with Crippen LogP contribution in [0.4, 0.5) is 0 Å². The number of hydrogen-bond donors (Lipinski definition) is 1. The first-order chi connectivity index (χ1) is 3.21. The summed E-state index contributed by atoms with van der Waals surface area (Å²) >= 11 is 5.19. The minimum atomic E-state index is -2.82. The van der Waals surface area contributed by atoms with Crippen molar-refractivity contribution in [3.05, 3.63) is 0 Å². The van der Waals surface area contributed by atoms with E-state index >= 15 is 0 Å². The van der Waals surface area contributed by atoms with Gasteiger partial charge >= 0.3 is 7.30 Å². The smallest absolute Gasteiger partial charge is 0.324 e. The lowest BCUT2D eigenvalue weighted by molar-refractivity contribution is 0.335. The molecule has 0 bridgehead atoms. The van der Waals surface area contributed by atoms with Crippen molar-refractivity contribution in [3.8, 4) is 0 Å². The lowest BCUT2D eigenvalue weighted by Crippen LogP contribution is -1.79. The van der Waals surface area contributed by atoms with E-state index in [0.717, 1.165) is 0 Å². The van der Waals surface area contributed by atoms with Gasteiger partial charge in [-0.25, -0.2) is 0 Å². The molecule has 0 spiro atoms. The van der Waals surface area contributed by atoms with E-state index in [1.165, 1.54) is 0 Å². The summed E-state index contributed by atoms with van der Waals surface area (Å²) in [6.45, 7) is 0.821. The van der Waals surface area contributed by atoms with Gasteiger partial charge in [-0.05, 0) is 11.2 Å². The van der Waals surface area contributed by atoms with Gasteiger partial charge in [-0.2, -0.15) is 0 Å². The van der Waals surface area contributed by atoms with E-state index in [-0.39, 0.29) is 0 Å². The van der Waals surface area contributed by atoms with Gasteiger partial charge in [0.25, 0.3) is 0 Å². The Morgan fingerprint density at radius 1 is 1.43 bits per heavy atom. The predicted octanol–water partition coefficient (Wildman–Crippen LogP) is 0.942. The van der Waals surface area contributed by atoms with E-state index in [0.29, 0.717) is 13.2 Å². The van der Waals surface area contributed by atoms with Crippen molar-refractivity contribution in [2.45, 2.75) is 0 Å². The summed E-state index contributed by atoms with van der Waals surface area (Å²) in [5.41, 5.74) is 0. The molecule has 0 saturated carbocycles. The highest BCUT2D eigenvalue weighted by Gasteiger charge is 2.29. The highest BCUT2D eigenvalue weighted by atomic mass is 35.7. The molecule has 1 fully saturated rings. The van der Waals surface area contributed by atoms with Crippen LogP contribution in [0, 0.1) is 0 Å². The Bertz CT molecular complexity index is 67.3. The molecule has 0 aromatic heterocycles. The van der Waals surface area contributed by atoms with Crippen LogP contribution < -0.4 is 0 Å². The Labute approximate surface area is 46.6 Å². The maximum absolute atomic E-state index is 8.63. The average molecular weight is 143 g/mol. The average Bonchev–Trinajstić information content (AvgIpc) is 1.84. The second kappa shape index (κ2) is 1.84. The van der Waals surface area contributed by atoms with Crippen LogP contribution in [0.1, 0.15) is 0 Å². The lowest BCUT2D eigenvalue weighted by atomic mass is 10.8. The largest absolute Gasteiger partial charge is 0.328 e. The van der Waals surface area contributed by atoms with Gasteiger partial charge in [0.15, 0.2) is 0 Å². The fourth-order valence-electron chi connectivity index (χ4n) is 0.337. The molecule has 1 heterocycles. The fraction of sp³-hybridized carbons (Fsp3) is 1.00. The SMILES string of the molecule is O[P]1(Cl)OCCO1. The van der Waals surface area contributed by atoms with Gasteiger partial charge in [-0.3, -0.25) is 0 Å². The highest BCUT2D eigenvalue weighted by molar-refractivity contribution is 7.87. The molecule has 1 aliphatic rings. The quantitative estimate of drug-likeness (QED) is 0.513. The van der Waals surface area contributed by atoms with E-state index in [1.807, 2.05) is 0 Å². The zero-order chi connectivity index (χ0) is 5.33. The Balaban J connectivity index is 2.40. The van der Waals surface area contributed by atoms with Gasteiger partial charge in [0.1, 0.15) is 0 Å². The van der Waals surface area contributed by atoms with Crippen molar-refractivity contribution in [2.24, 2.45) is 0 Å². The Hall–Kier alpha value is 0.600. The minimum Gasteiger partial charge on any atom is -0.324 e. The summed E-state index contributed by atoms with van der Waals surface area (Å²) in [5, 5.41) is 0. The third-order valence-corrected chi connectivity index (χ3v) is 2.17. The predicted molar refractivity (Wildman–Crippen MR) is 26.9 cm³/mol. The van der Waals surface area contributed by atoms with E-state index < -0.39 is 7.30 Å². The van der Waals surface area contributed by atoms with Gasteiger partial charge in [-0.1, -0.05) is 0 Å². The van der Waals surface area contributed by atoms with Crippen molar-refractivity contribution in [1.82, 2.24) is 0 Å². The molecular formula is C2H5ClO3P. The summed E-state index contributed by atoms with van der Waals surface area (Å²) in [4.78, 5) is 8.63. The van der Waals surface area contributed by atoms with E-state index in [4.69, 9.17) is 16.1 Å². The van der Waals surface area contributed by atoms with Crippen molar-refractivity contribution in [2.75, 3.05) is 13.2 Å². The Morgan fingerprint density at radius 3 is 2.00 bits per heavy atom. The van der Waals surface area contributed by atoms with E-state index in [1.54, 1.807) is 0 Å². The van der Waals surface area contributed by atoms with Crippen LogP contribution >= 0.6 is 18.5 Å². The molecule has 1 aliphatic heterocycles. The van der Waals surface area contributed by atoms with Gasteiger partial charge < -0.3 is 13.9 Å². The molecule has 7 heavy (non-hydrogen) atoms. The van der Waals surface area contributed by atoms with Gasteiger partial charge in [-0.15, -0.1) is 0 Å². The molecule has 0 unspecified atom stereocenters. The van der Waals surface area contributed by atoms with Gasteiger partial charge in [0.2, 0.25) is 0 Å². The summed E-state index contributed by atoms with van der Waals surface area (Å²) in [6.07, 6.45) is 0. The zero-order valence-electron chi connectivity index (χ0n) is 3.50. The molecule has 0 aromatic rings. The van der Waals surface area contributed by atoms with Crippen LogP contribution in [0.3, 0.4) is 0 Å². The van der Waals surface area contributed by atoms with E-state index in [9.17, 15) is 0 Å². The lowest BCUT2D eigenvalue weighted by Gasteiger charge is -2.09. The summed E-state index contributed by atoms with van der Waals surface area (Å²) < 4.78 is 9.10. The van der Waals surface area contributed by atoms with E-state index in [2.05, 4.69) is 9.05 Å². The van der Waals surface area contributed by atoms with Crippen LogP contribution in [0.2, 0.25) is 0 Å². The number of hydrogen-bond acceptors (Lipinski definition) is 3. The van der Waals surface area contributed by atoms with Crippen molar-refractivity contribution in [1.29, 1.82) is 0 Å². The second-order valence-corrected chi connectivity index (χ2v) is 3.82. The standard InChI is InChI=1S/C2H5ClO3P/c3-7(4)5-1-2-6-7/h4H,1-2H2. The Kier molecular flexibility index (Phi) is 1.51. The molecule has 1 radical (unpaired) electrons. The summed E-state index contributed by atoms with van der Waals surface area (Å²) in [7, 11) is -2.82. The van der Waals surface area contributed by atoms with Crippen molar-refractivity contribution in [3.63, 3.8) is 0 Å². The minimum absolute atomic E-state index is 0.410. The van der Waals surface area contributed by atoms with Crippen LogP contribution in [0.5, 0.6) is 0 Å². The molecule has 0 amide bonds. The molecule has 5 heteroatoms. The van der Waals surface area contributed by atoms with Gasteiger partial charge in [0, 0.05) is 0 Å². The molecule has 0 aromatic carbocycles. The maximum Gasteiger partial charge on any atom is 0.328 e. The molecule has 3 nitrogen and oxygen atoms in total. The van der Waals surface area contributed by atoms with Crippen LogP contribution in [-0.4, -0.2) is 18.1 Å². The Morgan fingerprint density at radius 2 is 1.86 bits per heavy atom. The zero-order valence-corrected chi connectivity index (χ0v) is 5.15. The fourth-order valence-corrected chi connectivity index (χ4v) is 1.43. The van der Waals surface area contributed by atoms with Crippen molar-refractivity contribution < 1.29 is 13.9 Å². The first-order valence-electron chi connectivity index (χ1n) is 1.81. The van der Waals surface area contributed by atoms with Gasteiger partial charge in [0.05, 0.1) is 13.2 Å². The third-order valence-electron chi connectivity index (χ3n) is 0.584. The first-order valence-corrected chi connectivity index (χ1v) is 4.29. The highest BCUT2D eigenvalue weighted by Crippen LogP contribution is 2.64. The van der Waals surface area contributed by atoms with Crippen LogP contribution in [0.25, 0.3) is 0 Å². The number of rotatable bonds is 0. The number of halogens is 1. The van der Waals surface area contributed by atoms with Crippen LogP contribution in [-0.2, 0) is 9.05 Å². The summed E-state index contributed by atoms with van der Waals surface area (Å²) in [6, 6.07) is 0.